The van der Waals surface area contributed by atoms with Crippen molar-refractivity contribution in [2.75, 3.05) is 30.8 Å². The average molecular weight is 392 g/mol. The number of hydrogen-bond acceptors (Lipinski definition) is 3. The number of quaternary nitrogens is 1. The second kappa shape index (κ2) is 9.20. The summed E-state index contributed by atoms with van der Waals surface area (Å²) >= 11 is 11.9. The second-order valence-electron chi connectivity index (χ2n) is 5.69. The molecule has 0 spiro atoms. The third-order valence-corrected chi connectivity index (χ3v) is 4.01. The molecular weight excluding hydrogens is 375 g/mol. The van der Waals surface area contributed by atoms with E-state index in [0.717, 1.165) is 0 Å². The van der Waals surface area contributed by atoms with E-state index >= 15 is 0 Å². The quantitative estimate of drug-likeness (QED) is 0.703. The highest BCUT2D eigenvalue weighted by molar-refractivity contribution is 6.33. The topological polar surface area (TPSA) is 86.4 Å². The van der Waals surface area contributed by atoms with Gasteiger partial charge in [0.05, 0.1) is 29.0 Å². The van der Waals surface area contributed by atoms with Crippen molar-refractivity contribution in [3.63, 3.8) is 0 Å². The van der Waals surface area contributed by atoms with Crippen LogP contribution in [0, 0.1) is 11.3 Å². The highest BCUT2D eigenvalue weighted by atomic mass is 35.5. The Morgan fingerprint density at radius 3 is 2.27 bits per heavy atom. The summed E-state index contributed by atoms with van der Waals surface area (Å²) in [5.74, 6) is -0.587. The van der Waals surface area contributed by atoms with Crippen molar-refractivity contribution in [3.05, 3.63) is 58.1 Å². The fraction of sp³-hybridized carbons (Fsp3) is 0.167. The molecule has 0 heterocycles. The highest BCUT2D eigenvalue weighted by Crippen LogP contribution is 2.20. The van der Waals surface area contributed by atoms with Crippen LogP contribution in [0.15, 0.2) is 42.5 Å². The minimum absolute atomic E-state index is 0.0489. The van der Waals surface area contributed by atoms with Gasteiger partial charge in [0.15, 0.2) is 13.1 Å². The number of anilines is 2. The number of carbonyl (C=O) groups is 2. The predicted octanol–water partition coefficient (Wildman–Crippen LogP) is 1.96. The summed E-state index contributed by atoms with van der Waals surface area (Å²) in [5, 5.41) is 15.3. The van der Waals surface area contributed by atoms with Crippen molar-refractivity contribution in [2.45, 2.75) is 0 Å². The van der Waals surface area contributed by atoms with E-state index in [0.29, 0.717) is 31.9 Å². The van der Waals surface area contributed by atoms with E-state index in [4.69, 9.17) is 28.5 Å². The molecule has 0 saturated carbocycles. The maximum atomic E-state index is 12.2. The Bertz CT molecular complexity index is 865. The van der Waals surface area contributed by atoms with Gasteiger partial charge in [-0.2, -0.15) is 5.26 Å². The van der Waals surface area contributed by atoms with E-state index in [-0.39, 0.29) is 24.9 Å². The molecule has 0 bridgehead atoms. The summed E-state index contributed by atoms with van der Waals surface area (Å²) in [6, 6.07) is 13.5. The lowest BCUT2D eigenvalue weighted by atomic mass is 10.2. The van der Waals surface area contributed by atoms with Gasteiger partial charge in [-0.05, 0) is 30.3 Å². The van der Waals surface area contributed by atoms with Crippen molar-refractivity contribution in [2.24, 2.45) is 0 Å². The Labute approximate surface area is 161 Å². The number of nitriles is 1. The molecule has 0 radical (unpaired) electrons. The molecule has 2 rings (SSSR count). The van der Waals surface area contributed by atoms with Crippen LogP contribution >= 0.6 is 23.2 Å². The number of halogens is 2. The summed E-state index contributed by atoms with van der Waals surface area (Å²) in [7, 11) is 1.72. The standard InChI is InChI=1S/C18H16Cl2N4O2/c1-24(10-17(25)22-15-5-3-2-4-14(15)20)11-18(26)23-16-8-13(19)7-6-12(16)9-21/h2-8H,10-11H2,1H3,(H,22,25)(H,23,26)/p+1. The first-order valence-electron chi connectivity index (χ1n) is 7.74. The second-order valence-corrected chi connectivity index (χ2v) is 6.53. The normalized spacial score (nSPS) is 11.3. The highest BCUT2D eigenvalue weighted by Gasteiger charge is 2.16. The van der Waals surface area contributed by atoms with E-state index < -0.39 is 0 Å². The van der Waals surface area contributed by atoms with Crippen molar-refractivity contribution in [1.82, 2.24) is 0 Å². The van der Waals surface area contributed by atoms with Crippen LogP contribution in [0.1, 0.15) is 5.56 Å². The van der Waals surface area contributed by atoms with Gasteiger partial charge in [-0.1, -0.05) is 35.3 Å². The number of carbonyl (C=O) groups excluding carboxylic acids is 2. The van der Waals surface area contributed by atoms with Crippen molar-refractivity contribution >= 4 is 46.4 Å². The zero-order valence-corrected chi connectivity index (χ0v) is 15.5. The first kappa shape index (κ1) is 19.7. The Morgan fingerprint density at radius 1 is 1.04 bits per heavy atom. The van der Waals surface area contributed by atoms with E-state index in [1.54, 1.807) is 37.4 Å². The van der Waals surface area contributed by atoms with Gasteiger partial charge in [0.25, 0.3) is 11.8 Å². The lowest BCUT2D eigenvalue weighted by molar-refractivity contribution is -0.862. The maximum absolute atomic E-state index is 12.2. The lowest BCUT2D eigenvalue weighted by Gasteiger charge is -2.14. The van der Waals surface area contributed by atoms with Crippen LogP contribution in [0.2, 0.25) is 10.0 Å². The Balaban J connectivity index is 1.89. The monoisotopic (exact) mass is 391 g/mol. The lowest BCUT2D eigenvalue weighted by Crippen LogP contribution is -3.11. The summed E-state index contributed by atoms with van der Waals surface area (Å²) in [5.41, 5.74) is 1.18. The van der Waals surface area contributed by atoms with Crippen LogP contribution in [-0.2, 0) is 9.59 Å². The van der Waals surface area contributed by atoms with E-state index in [1.165, 1.54) is 12.1 Å². The van der Waals surface area contributed by atoms with Gasteiger partial charge in [-0.15, -0.1) is 0 Å². The van der Waals surface area contributed by atoms with Crippen LogP contribution in [0.3, 0.4) is 0 Å². The number of nitrogens with one attached hydrogen (secondary N) is 3. The smallest absolute Gasteiger partial charge is 0.279 e. The molecule has 0 aliphatic heterocycles. The number of rotatable bonds is 6. The molecule has 0 saturated heterocycles. The van der Waals surface area contributed by atoms with Gasteiger partial charge in [-0.25, -0.2) is 0 Å². The Morgan fingerprint density at radius 2 is 1.65 bits per heavy atom. The first-order chi connectivity index (χ1) is 12.4. The van der Waals surface area contributed by atoms with Crippen LogP contribution in [-0.4, -0.2) is 32.0 Å². The minimum atomic E-state index is -0.327. The molecule has 0 aliphatic rings. The van der Waals surface area contributed by atoms with Crippen molar-refractivity contribution in [1.29, 1.82) is 5.26 Å². The molecule has 3 N–H and O–H groups in total. The molecule has 8 heteroatoms. The molecule has 2 amide bonds. The number of hydrogen-bond donors (Lipinski definition) is 3. The molecule has 2 aromatic carbocycles. The Kier molecular flexibility index (Phi) is 6.98. The summed E-state index contributed by atoms with van der Waals surface area (Å²) in [4.78, 5) is 24.9. The predicted molar refractivity (Wildman–Crippen MR) is 101 cm³/mol. The third-order valence-electron chi connectivity index (χ3n) is 3.45. The average Bonchev–Trinajstić information content (AvgIpc) is 2.56. The van der Waals surface area contributed by atoms with Gasteiger partial charge < -0.3 is 15.5 Å². The molecule has 0 fully saturated rings. The van der Waals surface area contributed by atoms with Crippen LogP contribution in [0.5, 0.6) is 0 Å². The Hall–Kier alpha value is -2.59. The molecule has 0 aromatic heterocycles. The summed E-state index contributed by atoms with van der Waals surface area (Å²) in [6.07, 6.45) is 0. The summed E-state index contributed by atoms with van der Waals surface area (Å²) in [6.45, 7) is 0.132. The molecule has 1 atom stereocenters. The fourth-order valence-electron chi connectivity index (χ4n) is 2.28. The van der Waals surface area contributed by atoms with Gasteiger partial charge in [0, 0.05) is 5.02 Å². The minimum Gasteiger partial charge on any atom is -0.322 e. The van der Waals surface area contributed by atoms with Gasteiger partial charge in [0.2, 0.25) is 0 Å². The van der Waals surface area contributed by atoms with Gasteiger partial charge >= 0.3 is 0 Å². The van der Waals surface area contributed by atoms with Crippen molar-refractivity contribution < 1.29 is 14.5 Å². The maximum Gasteiger partial charge on any atom is 0.279 e. The molecule has 6 nitrogen and oxygen atoms in total. The van der Waals surface area contributed by atoms with Crippen LogP contribution < -0.4 is 15.5 Å². The molecule has 134 valence electrons. The number of para-hydroxylation sites is 1. The van der Waals surface area contributed by atoms with Crippen LogP contribution in [0.25, 0.3) is 0 Å². The number of nitrogens with zero attached hydrogens (tertiary/aromatic N) is 1. The summed E-state index contributed by atoms with van der Waals surface area (Å²) < 4.78 is 0. The molecular formula is C18H17Cl2N4O2+. The number of likely N-dealkylation sites (N-methyl/N-ethyl adjacent to an activating group) is 1. The molecule has 26 heavy (non-hydrogen) atoms. The number of benzene rings is 2. The van der Waals surface area contributed by atoms with Crippen molar-refractivity contribution in [3.8, 4) is 6.07 Å². The van der Waals surface area contributed by atoms with E-state index in [9.17, 15) is 9.59 Å². The zero-order chi connectivity index (χ0) is 19.1. The number of amides is 2. The fourth-order valence-corrected chi connectivity index (χ4v) is 2.63. The SMILES string of the molecule is C[NH+](CC(=O)Nc1ccccc1Cl)CC(=O)Nc1cc(Cl)ccc1C#N. The van der Waals surface area contributed by atoms with Crippen LogP contribution in [0.4, 0.5) is 11.4 Å². The molecule has 2 aromatic rings. The van der Waals surface area contributed by atoms with E-state index in [2.05, 4.69) is 10.6 Å². The first-order valence-corrected chi connectivity index (χ1v) is 8.50. The van der Waals surface area contributed by atoms with E-state index in [1.807, 2.05) is 6.07 Å². The molecule has 1 unspecified atom stereocenters. The zero-order valence-electron chi connectivity index (χ0n) is 14.0. The van der Waals surface area contributed by atoms with Gasteiger partial charge in [0.1, 0.15) is 6.07 Å². The van der Waals surface area contributed by atoms with Gasteiger partial charge in [-0.3, -0.25) is 9.59 Å². The third kappa shape index (κ3) is 5.74. The molecule has 0 aliphatic carbocycles. The largest absolute Gasteiger partial charge is 0.322 e.